The van der Waals surface area contributed by atoms with E-state index in [0.717, 1.165) is 31.0 Å². The van der Waals surface area contributed by atoms with E-state index in [1.807, 2.05) is 31.2 Å². The van der Waals surface area contributed by atoms with Crippen LogP contribution in [0.1, 0.15) is 16.9 Å². The van der Waals surface area contributed by atoms with Gasteiger partial charge in [0.2, 0.25) is 0 Å². The molecule has 3 heteroatoms. The minimum Gasteiger partial charge on any atom is -0.469 e. The number of nitrogen functional groups attached to an aromatic ring is 1. The molecule has 1 aromatic carbocycles. The largest absolute Gasteiger partial charge is 0.469 e. The van der Waals surface area contributed by atoms with Gasteiger partial charge in [0, 0.05) is 24.3 Å². The van der Waals surface area contributed by atoms with Gasteiger partial charge in [-0.3, -0.25) is 0 Å². The monoisotopic (exact) mass is 244 g/mol. The lowest BCUT2D eigenvalue weighted by atomic mass is 10.1. The number of nitrogens with zero attached hydrogens (tertiary/aromatic N) is 1. The lowest BCUT2D eigenvalue weighted by Crippen LogP contribution is -2.20. The summed E-state index contributed by atoms with van der Waals surface area (Å²) in [5, 5.41) is 0. The van der Waals surface area contributed by atoms with Crippen LogP contribution in [0.3, 0.4) is 0 Å². The molecule has 0 atom stereocenters. The van der Waals surface area contributed by atoms with Gasteiger partial charge < -0.3 is 15.1 Å². The third kappa shape index (κ3) is 3.37. The van der Waals surface area contributed by atoms with Crippen LogP contribution in [0.4, 0.5) is 5.69 Å². The first-order valence-electron chi connectivity index (χ1n) is 6.21. The van der Waals surface area contributed by atoms with E-state index in [2.05, 4.69) is 18.0 Å². The molecule has 96 valence electrons. The van der Waals surface area contributed by atoms with Crippen molar-refractivity contribution < 1.29 is 4.42 Å². The van der Waals surface area contributed by atoms with Crippen molar-refractivity contribution in [2.24, 2.45) is 0 Å². The summed E-state index contributed by atoms with van der Waals surface area (Å²) in [6.07, 6.45) is 2.76. The lowest BCUT2D eigenvalue weighted by Gasteiger charge is -2.16. The number of anilines is 1. The normalized spacial score (nSPS) is 11.1. The van der Waals surface area contributed by atoms with E-state index in [1.165, 1.54) is 11.1 Å². The summed E-state index contributed by atoms with van der Waals surface area (Å²) in [4.78, 5) is 2.29. The molecule has 18 heavy (non-hydrogen) atoms. The highest BCUT2D eigenvalue weighted by Gasteiger charge is 2.05. The van der Waals surface area contributed by atoms with Crippen molar-refractivity contribution >= 4 is 5.69 Å². The maximum Gasteiger partial charge on any atom is 0.105 e. The molecule has 0 unspecified atom stereocenters. The molecule has 0 amide bonds. The van der Waals surface area contributed by atoms with Crippen LogP contribution in [-0.2, 0) is 13.0 Å². The molecule has 0 spiro atoms. The standard InChI is InChI=1S/C15H20N2O/c1-12-14(7-9-18-12)11-17(2)8-6-13-4-3-5-15(16)10-13/h3-5,7,9-10H,6,8,11,16H2,1-2H3. The summed E-state index contributed by atoms with van der Waals surface area (Å²) in [6.45, 7) is 3.93. The van der Waals surface area contributed by atoms with Crippen LogP contribution in [0.2, 0.25) is 0 Å². The van der Waals surface area contributed by atoms with Crippen molar-refractivity contribution in [3.63, 3.8) is 0 Å². The molecule has 0 saturated carbocycles. The number of furan rings is 1. The van der Waals surface area contributed by atoms with Crippen molar-refractivity contribution in [3.8, 4) is 0 Å². The molecule has 0 radical (unpaired) electrons. The molecule has 0 saturated heterocycles. The molecular formula is C15H20N2O. The number of hydrogen-bond acceptors (Lipinski definition) is 3. The first kappa shape index (κ1) is 12.7. The third-order valence-corrected chi connectivity index (χ3v) is 3.14. The van der Waals surface area contributed by atoms with Crippen molar-refractivity contribution in [1.29, 1.82) is 0 Å². The van der Waals surface area contributed by atoms with E-state index in [0.29, 0.717) is 0 Å². The SMILES string of the molecule is Cc1occc1CN(C)CCc1cccc(N)c1. The summed E-state index contributed by atoms with van der Waals surface area (Å²) in [5.41, 5.74) is 9.14. The molecule has 1 heterocycles. The van der Waals surface area contributed by atoms with Crippen LogP contribution in [0.25, 0.3) is 0 Å². The molecule has 2 aromatic rings. The van der Waals surface area contributed by atoms with Crippen molar-refractivity contribution in [2.75, 3.05) is 19.3 Å². The summed E-state index contributed by atoms with van der Waals surface area (Å²) in [6, 6.07) is 10.1. The second-order valence-corrected chi connectivity index (χ2v) is 4.73. The molecule has 0 aliphatic rings. The van der Waals surface area contributed by atoms with E-state index in [1.54, 1.807) is 6.26 Å². The van der Waals surface area contributed by atoms with Crippen LogP contribution >= 0.6 is 0 Å². The maximum atomic E-state index is 5.77. The van der Waals surface area contributed by atoms with E-state index in [4.69, 9.17) is 10.2 Å². The van der Waals surface area contributed by atoms with Gasteiger partial charge in [-0.05, 0) is 44.2 Å². The first-order chi connectivity index (χ1) is 8.65. The molecule has 2 N–H and O–H groups in total. The van der Waals surface area contributed by atoms with Crippen LogP contribution in [-0.4, -0.2) is 18.5 Å². The smallest absolute Gasteiger partial charge is 0.105 e. The number of benzene rings is 1. The van der Waals surface area contributed by atoms with Crippen LogP contribution in [0.15, 0.2) is 41.0 Å². The Labute approximate surface area is 108 Å². The fourth-order valence-corrected chi connectivity index (χ4v) is 2.01. The van der Waals surface area contributed by atoms with E-state index >= 15 is 0 Å². The summed E-state index contributed by atoms with van der Waals surface area (Å²) >= 11 is 0. The number of rotatable bonds is 5. The fraction of sp³-hybridized carbons (Fsp3) is 0.333. The summed E-state index contributed by atoms with van der Waals surface area (Å²) in [5.74, 6) is 1.01. The number of hydrogen-bond donors (Lipinski definition) is 1. The van der Waals surface area contributed by atoms with Crippen LogP contribution in [0, 0.1) is 6.92 Å². The van der Waals surface area contributed by atoms with Gasteiger partial charge in [-0.15, -0.1) is 0 Å². The Morgan fingerprint density at radius 3 is 2.78 bits per heavy atom. The zero-order valence-electron chi connectivity index (χ0n) is 11.0. The molecule has 3 nitrogen and oxygen atoms in total. The Morgan fingerprint density at radius 2 is 2.11 bits per heavy atom. The Hall–Kier alpha value is -1.74. The fourth-order valence-electron chi connectivity index (χ4n) is 2.01. The second-order valence-electron chi connectivity index (χ2n) is 4.73. The molecule has 0 fully saturated rings. The molecule has 0 aliphatic carbocycles. The number of aryl methyl sites for hydroxylation is 1. The Morgan fingerprint density at radius 1 is 1.28 bits per heavy atom. The van der Waals surface area contributed by atoms with E-state index < -0.39 is 0 Å². The van der Waals surface area contributed by atoms with Gasteiger partial charge in [0.25, 0.3) is 0 Å². The number of nitrogens with two attached hydrogens (primary N) is 1. The minimum atomic E-state index is 0.834. The molecule has 1 aromatic heterocycles. The van der Waals surface area contributed by atoms with Crippen molar-refractivity contribution in [3.05, 3.63) is 53.5 Å². The predicted molar refractivity (Wildman–Crippen MR) is 74.3 cm³/mol. The van der Waals surface area contributed by atoms with Gasteiger partial charge in [0.15, 0.2) is 0 Å². The Balaban J connectivity index is 1.85. The number of likely N-dealkylation sites (N-methyl/N-ethyl adjacent to an activating group) is 1. The van der Waals surface area contributed by atoms with Gasteiger partial charge in [-0.25, -0.2) is 0 Å². The Bertz CT molecular complexity index is 505. The zero-order valence-corrected chi connectivity index (χ0v) is 11.0. The topological polar surface area (TPSA) is 42.4 Å². The third-order valence-electron chi connectivity index (χ3n) is 3.14. The molecular weight excluding hydrogens is 224 g/mol. The maximum absolute atomic E-state index is 5.77. The first-order valence-corrected chi connectivity index (χ1v) is 6.21. The van der Waals surface area contributed by atoms with Crippen molar-refractivity contribution in [1.82, 2.24) is 4.90 Å². The summed E-state index contributed by atoms with van der Waals surface area (Å²) < 4.78 is 5.30. The summed E-state index contributed by atoms with van der Waals surface area (Å²) in [7, 11) is 2.12. The van der Waals surface area contributed by atoms with Gasteiger partial charge >= 0.3 is 0 Å². The highest BCUT2D eigenvalue weighted by atomic mass is 16.3. The van der Waals surface area contributed by atoms with Crippen molar-refractivity contribution in [2.45, 2.75) is 19.9 Å². The minimum absolute atomic E-state index is 0.834. The molecule has 0 aliphatic heterocycles. The highest BCUT2D eigenvalue weighted by Crippen LogP contribution is 2.12. The second kappa shape index (κ2) is 5.74. The average molecular weight is 244 g/mol. The van der Waals surface area contributed by atoms with E-state index in [9.17, 15) is 0 Å². The highest BCUT2D eigenvalue weighted by molar-refractivity contribution is 5.40. The molecule has 0 bridgehead atoms. The van der Waals surface area contributed by atoms with Gasteiger partial charge in [-0.2, -0.15) is 0 Å². The predicted octanol–water partition coefficient (Wildman–Crippen LogP) is 2.84. The van der Waals surface area contributed by atoms with Gasteiger partial charge in [0.05, 0.1) is 6.26 Å². The quantitative estimate of drug-likeness (QED) is 0.822. The van der Waals surface area contributed by atoms with Crippen LogP contribution < -0.4 is 5.73 Å². The average Bonchev–Trinajstić information content (AvgIpc) is 2.73. The molecule has 2 rings (SSSR count). The van der Waals surface area contributed by atoms with E-state index in [-0.39, 0.29) is 0 Å². The van der Waals surface area contributed by atoms with Gasteiger partial charge in [0.1, 0.15) is 5.76 Å². The van der Waals surface area contributed by atoms with Crippen LogP contribution in [0.5, 0.6) is 0 Å². The Kier molecular flexibility index (Phi) is 4.05. The lowest BCUT2D eigenvalue weighted by molar-refractivity contribution is 0.328. The zero-order chi connectivity index (χ0) is 13.0. The van der Waals surface area contributed by atoms with Gasteiger partial charge in [-0.1, -0.05) is 12.1 Å².